The molecule has 1 aromatic carbocycles. The zero-order valence-electron chi connectivity index (χ0n) is 12.5. The Morgan fingerprint density at radius 3 is 2.38 bits per heavy atom. The van der Waals surface area contributed by atoms with E-state index in [4.69, 9.17) is 4.74 Å². The van der Waals surface area contributed by atoms with Gasteiger partial charge in [-0.15, -0.1) is 0 Å². The van der Waals surface area contributed by atoms with Crippen molar-refractivity contribution in [3.63, 3.8) is 0 Å². The Hall–Kier alpha value is -2.90. The van der Waals surface area contributed by atoms with Crippen LogP contribution in [-0.2, 0) is 12.6 Å². The third-order valence-corrected chi connectivity index (χ3v) is 3.30. The number of ether oxygens (including phenoxy) is 1. The molecule has 124 valence electrons. The van der Waals surface area contributed by atoms with Gasteiger partial charge < -0.3 is 9.26 Å². The fourth-order valence-electron chi connectivity index (χ4n) is 2.07. The molecule has 0 saturated heterocycles. The summed E-state index contributed by atoms with van der Waals surface area (Å²) in [7, 11) is 1.57. The molecule has 3 rings (SSSR count). The maximum Gasteiger partial charge on any atom is 0.471 e. The average Bonchev–Trinajstić information content (AvgIpc) is 3.07. The Balaban J connectivity index is 1.74. The summed E-state index contributed by atoms with van der Waals surface area (Å²) in [6, 6.07) is 10.5. The average molecular weight is 335 g/mol. The third kappa shape index (κ3) is 3.53. The van der Waals surface area contributed by atoms with E-state index in [0.717, 1.165) is 11.3 Å². The molecule has 0 aliphatic rings. The van der Waals surface area contributed by atoms with E-state index in [9.17, 15) is 13.2 Å². The second kappa shape index (κ2) is 6.31. The summed E-state index contributed by atoms with van der Waals surface area (Å²) in [4.78, 5) is 7.62. The number of nitrogens with zero attached hydrogens (tertiary/aromatic N) is 3. The van der Waals surface area contributed by atoms with E-state index in [1.807, 2.05) is 12.1 Å². The molecule has 0 saturated carbocycles. The Morgan fingerprint density at radius 1 is 1.08 bits per heavy atom. The minimum absolute atomic E-state index is 0.101. The minimum atomic E-state index is -4.65. The van der Waals surface area contributed by atoms with Crippen molar-refractivity contribution in [1.82, 2.24) is 15.1 Å². The van der Waals surface area contributed by atoms with Crippen LogP contribution in [0.2, 0.25) is 0 Å². The smallest absolute Gasteiger partial charge is 0.471 e. The van der Waals surface area contributed by atoms with E-state index in [0.29, 0.717) is 17.7 Å². The van der Waals surface area contributed by atoms with Crippen LogP contribution >= 0.6 is 0 Å². The zero-order valence-corrected chi connectivity index (χ0v) is 12.5. The van der Waals surface area contributed by atoms with Gasteiger partial charge in [-0.1, -0.05) is 29.4 Å². The first-order valence-corrected chi connectivity index (χ1v) is 6.95. The molecule has 0 spiro atoms. The van der Waals surface area contributed by atoms with Crippen LogP contribution in [0.3, 0.4) is 0 Å². The van der Waals surface area contributed by atoms with E-state index in [2.05, 4.69) is 19.6 Å². The lowest BCUT2D eigenvalue weighted by Crippen LogP contribution is -2.04. The molecule has 0 N–H and O–H groups in total. The summed E-state index contributed by atoms with van der Waals surface area (Å²) < 4.78 is 46.7. The van der Waals surface area contributed by atoms with E-state index >= 15 is 0 Å². The van der Waals surface area contributed by atoms with E-state index in [1.165, 1.54) is 0 Å². The molecule has 0 aliphatic carbocycles. The maximum absolute atomic E-state index is 12.5. The molecule has 0 radical (unpaired) electrons. The molecule has 24 heavy (non-hydrogen) atoms. The third-order valence-electron chi connectivity index (χ3n) is 3.30. The molecule has 0 amide bonds. The number of rotatable bonds is 4. The van der Waals surface area contributed by atoms with Crippen molar-refractivity contribution in [3.05, 3.63) is 59.7 Å². The highest BCUT2D eigenvalue weighted by atomic mass is 19.4. The highest BCUT2D eigenvalue weighted by Crippen LogP contribution is 2.29. The van der Waals surface area contributed by atoms with E-state index in [-0.39, 0.29) is 5.82 Å². The molecule has 2 heterocycles. The molecule has 0 bridgehead atoms. The topological polar surface area (TPSA) is 61.0 Å². The van der Waals surface area contributed by atoms with Crippen molar-refractivity contribution in [1.29, 1.82) is 0 Å². The van der Waals surface area contributed by atoms with Gasteiger partial charge in [0.05, 0.1) is 13.3 Å². The predicted molar refractivity (Wildman–Crippen MR) is 78.3 cm³/mol. The molecular weight excluding hydrogens is 323 g/mol. The Morgan fingerprint density at radius 2 is 1.83 bits per heavy atom. The summed E-state index contributed by atoms with van der Waals surface area (Å²) in [6.07, 6.45) is -2.43. The summed E-state index contributed by atoms with van der Waals surface area (Å²) in [6.45, 7) is 0. The summed E-state index contributed by atoms with van der Waals surface area (Å²) in [5, 5.41) is 3.35. The quantitative estimate of drug-likeness (QED) is 0.727. The van der Waals surface area contributed by atoms with Crippen molar-refractivity contribution in [2.24, 2.45) is 0 Å². The summed E-state index contributed by atoms with van der Waals surface area (Å²) in [5.74, 6) is -0.785. The highest BCUT2D eigenvalue weighted by Gasteiger charge is 2.38. The van der Waals surface area contributed by atoms with Crippen LogP contribution in [0.15, 0.2) is 47.1 Å². The fraction of sp³-hybridized carbons (Fsp3) is 0.188. The Labute approximate surface area is 135 Å². The molecule has 0 atom stereocenters. The van der Waals surface area contributed by atoms with Crippen LogP contribution in [0.1, 0.15) is 17.1 Å². The van der Waals surface area contributed by atoms with Crippen molar-refractivity contribution in [2.75, 3.05) is 7.11 Å². The lowest BCUT2D eigenvalue weighted by Gasteiger charge is -2.04. The van der Waals surface area contributed by atoms with Gasteiger partial charge in [0.15, 0.2) is 0 Å². The first-order chi connectivity index (χ1) is 11.5. The first kappa shape index (κ1) is 16.0. The molecular formula is C16H12F3N3O2. The number of pyridine rings is 1. The van der Waals surface area contributed by atoms with Crippen LogP contribution in [0.5, 0.6) is 5.75 Å². The predicted octanol–water partition coefficient (Wildman–Crippen LogP) is 3.75. The van der Waals surface area contributed by atoms with Crippen molar-refractivity contribution in [2.45, 2.75) is 12.6 Å². The van der Waals surface area contributed by atoms with Gasteiger partial charge in [-0.3, -0.25) is 4.98 Å². The summed E-state index contributed by atoms with van der Waals surface area (Å²) in [5.41, 5.74) is 2.25. The van der Waals surface area contributed by atoms with Gasteiger partial charge in [0.25, 0.3) is 0 Å². The lowest BCUT2D eigenvalue weighted by molar-refractivity contribution is -0.159. The molecule has 0 unspecified atom stereocenters. The van der Waals surface area contributed by atoms with Crippen molar-refractivity contribution in [3.8, 4) is 17.1 Å². The van der Waals surface area contributed by atoms with Crippen LogP contribution in [0.4, 0.5) is 13.2 Å². The molecule has 3 aromatic rings. The molecule has 5 nitrogen and oxygen atoms in total. The van der Waals surface area contributed by atoms with Crippen LogP contribution < -0.4 is 4.74 Å². The lowest BCUT2D eigenvalue weighted by atomic mass is 10.1. The molecule has 8 heteroatoms. The standard InChI is InChI=1S/C16H12F3N3O2/c1-23-13-7-6-12(20-9-13)8-10-2-4-11(5-3-10)14-21-15(24-22-14)16(17,18)19/h2-7,9H,8H2,1H3. The largest absolute Gasteiger partial charge is 0.495 e. The number of methoxy groups -OCH3 is 1. The second-order valence-corrected chi connectivity index (χ2v) is 4.98. The fourth-order valence-corrected chi connectivity index (χ4v) is 2.07. The number of halogens is 3. The van der Waals surface area contributed by atoms with Crippen LogP contribution in [-0.4, -0.2) is 22.2 Å². The summed E-state index contributed by atoms with van der Waals surface area (Å²) >= 11 is 0. The van der Waals surface area contributed by atoms with Gasteiger partial charge in [0.2, 0.25) is 5.82 Å². The number of aromatic nitrogens is 3. The maximum atomic E-state index is 12.5. The Kier molecular flexibility index (Phi) is 4.20. The zero-order chi connectivity index (χ0) is 17.2. The normalized spacial score (nSPS) is 11.5. The van der Waals surface area contributed by atoms with Gasteiger partial charge in [-0.25, -0.2) is 0 Å². The van der Waals surface area contributed by atoms with Crippen molar-refractivity contribution >= 4 is 0 Å². The second-order valence-electron chi connectivity index (χ2n) is 4.98. The molecule has 0 aliphatic heterocycles. The molecule has 2 aromatic heterocycles. The van der Waals surface area contributed by atoms with E-state index in [1.54, 1.807) is 37.6 Å². The van der Waals surface area contributed by atoms with Gasteiger partial charge in [0, 0.05) is 17.7 Å². The van der Waals surface area contributed by atoms with Gasteiger partial charge in [0.1, 0.15) is 5.75 Å². The Bertz CT molecular complexity index is 812. The number of alkyl halides is 3. The van der Waals surface area contributed by atoms with E-state index < -0.39 is 12.1 Å². The molecule has 0 fully saturated rings. The van der Waals surface area contributed by atoms with Crippen LogP contribution in [0.25, 0.3) is 11.4 Å². The minimum Gasteiger partial charge on any atom is -0.495 e. The van der Waals surface area contributed by atoms with Gasteiger partial charge >= 0.3 is 12.1 Å². The SMILES string of the molecule is COc1ccc(Cc2ccc(-c3noc(C(F)(F)F)n3)cc2)nc1. The first-order valence-electron chi connectivity index (χ1n) is 6.95. The van der Waals surface area contributed by atoms with Gasteiger partial charge in [-0.05, 0) is 17.7 Å². The van der Waals surface area contributed by atoms with Crippen LogP contribution in [0, 0.1) is 0 Å². The highest BCUT2D eigenvalue weighted by molar-refractivity contribution is 5.54. The number of benzene rings is 1. The number of hydrogen-bond donors (Lipinski definition) is 0. The number of hydrogen-bond acceptors (Lipinski definition) is 5. The van der Waals surface area contributed by atoms with Crippen molar-refractivity contribution < 1.29 is 22.4 Å². The van der Waals surface area contributed by atoms with Gasteiger partial charge in [-0.2, -0.15) is 18.2 Å². The monoisotopic (exact) mass is 335 g/mol.